The van der Waals surface area contributed by atoms with Crippen molar-refractivity contribution in [1.29, 1.82) is 0 Å². The number of nitrogens with one attached hydrogen (secondary N) is 1. The van der Waals surface area contributed by atoms with E-state index < -0.39 is 0 Å². The fourth-order valence-electron chi connectivity index (χ4n) is 4.45. The van der Waals surface area contributed by atoms with Crippen LogP contribution in [0.1, 0.15) is 12.8 Å². The van der Waals surface area contributed by atoms with Gasteiger partial charge in [-0.2, -0.15) is 0 Å². The van der Waals surface area contributed by atoms with Crippen molar-refractivity contribution in [2.75, 3.05) is 42.9 Å². The van der Waals surface area contributed by atoms with E-state index in [4.69, 9.17) is 4.52 Å². The number of fused-ring (bicyclic) bond motifs is 2. The fourth-order valence-corrected chi connectivity index (χ4v) is 4.45. The molecule has 0 bridgehead atoms. The van der Waals surface area contributed by atoms with Crippen molar-refractivity contribution in [3.05, 3.63) is 48.4 Å². The van der Waals surface area contributed by atoms with Crippen LogP contribution in [0, 0.1) is 11.7 Å². The predicted molar refractivity (Wildman–Crippen MR) is 107 cm³/mol. The molecule has 2 aliphatic heterocycles. The molecule has 28 heavy (non-hydrogen) atoms. The minimum atomic E-state index is -0.302. The molecule has 0 unspecified atom stereocenters. The Hall–Kier alpha value is -2.67. The molecule has 3 aromatic rings. The Morgan fingerprint density at radius 2 is 2.04 bits per heavy atom. The highest BCUT2D eigenvalue weighted by atomic mass is 19.1. The van der Waals surface area contributed by atoms with Crippen LogP contribution in [0.2, 0.25) is 0 Å². The number of hydrogen-bond donors (Lipinski definition) is 1. The van der Waals surface area contributed by atoms with E-state index in [1.165, 1.54) is 25.1 Å². The highest BCUT2D eigenvalue weighted by Crippen LogP contribution is 2.31. The van der Waals surface area contributed by atoms with Gasteiger partial charge < -0.3 is 14.7 Å². The van der Waals surface area contributed by atoms with Crippen LogP contribution in [0.5, 0.6) is 0 Å². The lowest BCUT2D eigenvalue weighted by Crippen LogP contribution is -2.57. The van der Waals surface area contributed by atoms with Gasteiger partial charge in [0.1, 0.15) is 11.6 Å². The maximum atomic E-state index is 13.0. The van der Waals surface area contributed by atoms with E-state index in [0.29, 0.717) is 12.0 Å². The molecule has 0 spiro atoms. The third-order valence-electron chi connectivity index (χ3n) is 5.96. The summed E-state index contributed by atoms with van der Waals surface area (Å²) in [4.78, 5) is 9.06. The lowest BCUT2D eigenvalue weighted by atomic mass is 9.91. The Kier molecular flexibility index (Phi) is 4.60. The van der Waals surface area contributed by atoms with Gasteiger partial charge in [0.15, 0.2) is 11.4 Å². The lowest BCUT2D eigenvalue weighted by molar-refractivity contribution is 0.0994. The summed E-state index contributed by atoms with van der Waals surface area (Å²) < 4.78 is 18.5. The van der Waals surface area contributed by atoms with Crippen LogP contribution in [0.15, 0.2) is 47.1 Å². The summed E-state index contributed by atoms with van der Waals surface area (Å²) in [5.74, 6) is 2.00. The summed E-state index contributed by atoms with van der Waals surface area (Å²) in [6, 6.07) is 11.8. The minimum absolute atomic E-state index is 0.302. The molecule has 1 aromatic carbocycles. The van der Waals surface area contributed by atoms with Crippen molar-refractivity contribution in [3.8, 4) is 0 Å². The molecule has 5 rings (SSSR count). The summed E-state index contributed by atoms with van der Waals surface area (Å²) in [6.07, 6.45) is 3.62. The Morgan fingerprint density at radius 1 is 1.11 bits per heavy atom. The number of piperazine rings is 1. The van der Waals surface area contributed by atoms with Crippen molar-refractivity contribution in [2.24, 2.45) is 5.92 Å². The smallest absolute Gasteiger partial charge is 0.180 e. The van der Waals surface area contributed by atoms with Gasteiger partial charge in [-0.25, -0.2) is 9.37 Å². The van der Waals surface area contributed by atoms with E-state index in [-0.39, 0.29) is 5.82 Å². The number of pyridine rings is 1. The average molecular weight is 381 g/mol. The first kappa shape index (κ1) is 17.4. The predicted octanol–water partition coefficient (Wildman–Crippen LogP) is 3.37. The third kappa shape index (κ3) is 3.42. The highest BCUT2D eigenvalue weighted by Gasteiger charge is 2.34. The van der Waals surface area contributed by atoms with Gasteiger partial charge in [-0.3, -0.25) is 4.90 Å². The molecule has 0 aliphatic carbocycles. The Balaban J connectivity index is 1.19. The molecule has 2 atom stereocenters. The molecule has 1 N–H and O–H groups in total. The van der Waals surface area contributed by atoms with Gasteiger partial charge in [0, 0.05) is 38.8 Å². The normalized spacial score (nSPS) is 23.0. The van der Waals surface area contributed by atoms with E-state index in [9.17, 15) is 4.39 Å². The lowest BCUT2D eigenvalue weighted by Gasteiger charge is -2.46. The molecule has 6 nitrogen and oxygen atoms in total. The topological polar surface area (TPSA) is 57.4 Å². The van der Waals surface area contributed by atoms with Gasteiger partial charge in [0.25, 0.3) is 0 Å². The Labute approximate surface area is 163 Å². The quantitative estimate of drug-likeness (QED) is 0.748. The molecule has 7 heteroatoms. The molecule has 146 valence electrons. The van der Waals surface area contributed by atoms with Gasteiger partial charge in [-0.05, 0) is 43.0 Å². The second kappa shape index (κ2) is 7.39. The SMILES string of the molecule is Fc1ccc(NC[C@H]2CC[C@H]3CN(c4noc5ccccc45)CCN3C2)nc1. The maximum absolute atomic E-state index is 13.0. The second-order valence-corrected chi connectivity index (χ2v) is 7.78. The van der Waals surface area contributed by atoms with Crippen LogP contribution in [0.4, 0.5) is 16.0 Å². The summed E-state index contributed by atoms with van der Waals surface area (Å²) in [7, 11) is 0. The van der Waals surface area contributed by atoms with E-state index in [1.807, 2.05) is 18.2 Å². The van der Waals surface area contributed by atoms with Crippen molar-refractivity contribution < 1.29 is 8.91 Å². The molecule has 0 saturated carbocycles. The first-order valence-corrected chi connectivity index (χ1v) is 9.95. The average Bonchev–Trinajstić information content (AvgIpc) is 3.17. The number of rotatable bonds is 4. The van der Waals surface area contributed by atoms with Crippen LogP contribution >= 0.6 is 0 Å². The van der Waals surface area contributed by atoms with Gasteiger partial charge in [0.05, 0.1) is 11.6 Å². The molecule has 2 aromatic heterocycles. The van der Waals surface area contributed by atoms with Crippen LogP contribution in [0.25, 0.3) is 11.0 Å². The molecule has 4 heterocycles. The number of nitrogens with zero attached hydrogens (tertiary/aromatic N) is 4. The van der Waals surface area contributed by atoms with Gasteiger partial charge in [-0.15, -0.1) is 0 Å². The summed E-state index contributed by atoms with van der Waals surface area (Å²) >= 11 is 0. The third-order valence-corrected chi connectivity index (χ3v) is 5.96. The molecule has 0 amide bonds. The number of halogens is 1. The number of benzene rings is 1. The maximum Gasteiger partial charge on any atom is 0.180 e. The van der Waals surface area contributed by atoms with Gasteiger partial charge in [0.2, 0.25) is 0 Å². The highest BCUT2D eigenvalue weighted by molar-refractivity contribution is 5.88. The largest absolute Gasteiger partial charge is 0.370 e. The number of anilines is 2. The minimum Gasteiger partial charge on any atom is -0.370 e. The number of aromatic nitrogens is 2. The fraction of sp³-hybridized carbons (Fsp3) is 0.429. The number of hydrogen-bond acceptors (Lipinski definition) is 6. The van der Waals surface area contributed by atoms with Crippen LogP contribution in [-0.2, 0) is 0 Å². The summed E-state index contributed by atoms with van der Waals surface area (Å²) in [6.45, 7) is 4.96. The summed E-state index contributed by atoms with van der Waals surface area (Å²) in [5.41, 5.74) is 0.851. The van der Waals surface area contributed by atoms with E-state index in [2.05, 4.69) is 31.3 Å². The van der Waals surface area contributed by atoms with Gasteiger partial charge >= 0.3 is 0 Å². The van der Waals surface area contributed by atoms with Crippen LogP contribution < -0.4 is 10.2 Å². The first-order valence-electron chi connectivity index (χ1n) is 9.95. The van der Waals surface area contributed by atoms with Crippen molar-refractivity contribution in [1.82, 2.24) is 15.0 Å². The molecule has 2 aliphatic rings. The zero-order valence-corrected chi connectivity index (χ0v) is 15.7. The monoisotopic (exact) mass is 381 g/mol. The van der Waals surface area contributed by atoms with Crippen LogP contribution in [0.3, 0.4) is 0 Å². The molecule has 2 saturated heterocycles. The van der Waals surface area contributed by atoms with Crippen molar-refractivity contribution in [3.63, 3.8) is 0 Å². The molecule has 2 fully saturated rings. The summed E-state index contributed by atoms with van der Waals surface area (Å²) in [5, 5.41) is 8.78. The zero-order valence-electron chi connectivity index (χ0n) is 15.7. The Morgan fingerprint density at radius 3 is 2.93 bits per heavy atom. The van der Waals surface area contributed by atoms with Crippen LogP contribution in [-0.4, -0.2) is 53.8 Å². The van der Waals surface area contributed by atoms with E-state index >= 15 is 0 Å². The second-order valence-electron chi connectivity index (χ2n) is 7.78. The van der Waals surface area contributed by atoms with Crippen molar-refractivity contribution >= 4 is 22.6 Å². The van der Waals surface area contributed by atoms with Crippen molar-refractivity contribution in [2.45, 2.75) is 18.9 Å². The van der Waals surface area contributed by atoms with E-state index in [1.54, 1.807) is 6.07 Å². The molecular weight excluding hydrogens is 357 g/mol. The molecular formula is C21H24FN5O. The van der Waals surface area contributed by atoms with Gasteiger partial charge in [-0.1, -0.05) is 17.3 Å². The zero-order chi connectivity index (χ0) is 18.9. The van der Waals surface area contributed by atoms with E-state index in [0.717, 1.165) is 55.3 Å². The number of para-hydroxylation sites is 1. The number of piperidine rings is 1. The standard InChI is InChI=1S/C21H24FN5O/c22-16-6-8-20(24-12-16)23-11-15-5-7-17-14-27(10-9-26(17)13-15)21-18-3-1-2-4-19(18)28-25-21/h1-4,6,8,12,15,17H,5,7,9-11,13-14H2,(H,23,24)/t15-,17+/m1/s1. The Bertz CT molecular complexity index is 943. The first-order chi connectivity index (χ1) is 13.8. The molecule has 0 radical (unpaired) electrons.